The fourth-order valence-corrected chi connectivity index (χ4v) is 2.19. The Labute approximate surface area is 230 Å². The number of rotatable bonds is 1. The summed E-state index contributed by atoms with van der Waals surface area (Å²) < 4.78 is 0. The normalized spacial score (nSPS) is 8.73. The van der Waals surface area contributed by atoms with E-state index in [9.17, 15) is 0 Å². The molecule has 0 atom stereocenters. The minimum absolute atomic E-state index is 0.615. The van der Waals surface area contributed by atoms with Gasteiger partial charge in [0.25, 0.3) is 0 Å². The number of fused-ring (bicyclic) bond motifs is 1. The molecule has 37 heavy (non-hydrogen) atoms. The Morgan fingerprint density at radius 2 is 0.784 bits per heavy atom. The van der Waals surface area contributed by atoms with Gasteiger partial charge in [-0.1, -0.05) is 138 Å². The van der Waals surface area contributed by atoms with Gasteiger partial charge in [0.05, 0.1) is 0 Å². The zero-order chi connectivity index (χ0) is 28.9. The van der Waals surface area contributed by atoms with Crippen LogP contribution in [0.3, 0.4) is 0 Å². The highest BCUT2D eigenvalue weighted by atomic mass is 14.6. The summed E-state index contributed by atoms with van der Waals surface area (Å²) in [6, 6.07) is 26.6. The van der Waals surface area contributed by atoms with E-state index in [1.54, 1.807) is 24.8 Å². The molecule has 0 fully saturated rings. The van der Waals surface area contributed by atoms with Crippen molar-refractivity contribution < 1.29 is 0 Å². The molecule has 0 amide bonds. The molecule has 0 saturated carbocycles. The predicted octanol–water partition coefficient (Wildman–Crippen LogP) is 11.5. The molecule has 0 aliphatic rings. The van der Waals surface area contributed by atoms with Crippen LogP contribution in [0.2, 0.25) is 0 Å². The highest BCUT2D eigenvalue weighted by Gasteiger charge is 1.99. The molecule has 4 rings (SSSR count). The molecule has 4 aromatic rings. The predicted molar refractivity (Wildman–Crippen MR) is 170 cm³/mol. The van der Waals surface area contributed by atoms with Gasteiger partial charge in [-0.05, 0) is 58.4 Å². The van der Waals surface area contributed by atoms with E-state index in [-0.39, 0.29) is 0 Å². The number of nitrogens with zero attached hydrogens (tertiary/aromatic N) is 2. The minimum atomic E-state index is 0.615. The van der Waals surface area contributed by atoms with Crippen molar-refractivity contribution >= 4 is 10.8 Å². The summed E-state index contributed by atoms with van der Waals surface area (Å²) in [5.74, 6) is 2.28. The average molecular weight is 505 g/mol. The molecule has 0 saturated heterocycles. The number of pyridine rings is 2. The van der Waals surface area contributed by atoms with Crippen LogP contribution in [0.25, 0.3) is 10.8 Å². The summed E-state index contributed by atoms with van der Waals surface area (Å²) in [6.07, 6.45) is 7.00. The summed E-state index contributed by atoms with van der Waals surface area (Å²) in [5, 5.41) is 2.67. The van der Waals surface area contributed by atoms with Gasteiger partial charge in [0.1, 0.15) is 0 Å². The molecule has 206 valence electrons. The van der Waals surface area contributed by atoms with Crippen molar-refractivity contribution in [2.24, 2.45) is 11.8 Å². The maximum Gasteiger partial charge on any atom is 0.0267 e. The molecule has 0 bridgehead atoms. The smallest absolute Gasteiger partial charge is 0.0267 e. The van der Waals surface area contributed by atoms with Gasteiger partial charge in [0, 0.05) is 24.8 Å². The van der Waals surface area contributed by atoms with E-state index in [1.165, 1.54) is 16.3 Å². The summed E-state index contributed by atoms with van der Waals surface area (Å²) in [4.78, 5) is 7.57. The Balaban J connectivity index is -0.000000411. The second-order valence-electron chi connectivity index (χ2n) is 9.27. The van der Waals surface area contributed by atoms with Gasteiger partial charge in [0.2, 0.25) is 0 Å². The van der Waals surface area contributed by atoms with Crippen molar-refractivity contribution in [2.75, 3.05) is 0 Å². The molecule has 0 radical (unpaired) electrons. The second kappa shape index (κ2) is 29.2. The number of aromatic nitrogens is 2. The van der Waals surface area contributed by atoms with Crippen molar-refractivity contribution in [1.29, 1.82) is 0 Å². The van der Waals surface area contributed by atoms with Crippen molar-refractivity contribution in [3.8, 4) is 0 Å². The third-order valence-corrected chi connectivity index (χ3v) is 3.57. The first-order valence-electron chi connectivity index (χ1n) is 13.9. The molecule has 0 aliphatic heterocycles. The molecule has 2 aromatic carbocycles. The largest absolute Gasteiger partial charge is 0.265 e. The van der Waals surface area contributed by atoms with Gasteiger partial charge >= 0.3 is 0 Å². The molecule has 2 heteroatoms. The van der Waals surface area contributed by atoms with Gasteiger partial charge in [-0.15, -0.1) is 0 Å². The summed E-state index contributed by atoms with van der Waals surface area (Å²) in [6.45, 7) is 25.5. The Bertz CT molecular complexity index is 821. The van der Waals surface area contributed by atoms with Crippen LogP contribution in [0.5, 0.6) is 0 Å². The first-order chi connectivity index (χ1) is 17.7. The lowest BCUT2D eigenvalue weighted by Gasteiger charge is -2.06. The fraction of sp³-hybridized carbons (Fsp3) is 0.429. The maximum absolute atomic E-state index is 3.78. The standard InChI is InChI=1S/C13H14.2C5H5N.2C4H10.2C2H6/c1-10(2)12-8-7-11-5-3-4-6-13(11)9-12;2*1-2-4-6-5-3-1;2*1-4(2)3;2*1-2/h3-10H,1-2H3;2*1-5H;2*4H,1-3H3;2*1-2H3. The molecule has 0 N–H and O–H groups in total. The van der Waals surface area contributed by atoms with Crippen LogP contribution < -0.4 is 0 Å². The maximum atomic E-state index is 3.78. The molecule has 0 unspecified atom stereocenters. The summed E-state index contributed by atoms with van der Waals surface area (Å²) >= 11 is 0. The summed E-state index contributed by atoms with van der Waals surface area (Å²) in [5.41, 5.74) is 1.42. The van der Waals surface area contributed by atoms with Gasteiger partial charge < -0.3 is 0 Å². The lowest BCUT2D eigenvalue weighted by Crippen LogP contribution is -1.85. The number of benzene rings is 2. The van der Waals surface area contributed by atoms with Crippen molar-refractivity contribution in [1.82, 2.24) is 9.97 Å². The average Bonchev–Trinajstić information content (AvgIpc) is 2.93. The van der Waals surface area contributed by atoms with Crippen molar-refractivity contribution in [3.63, 3.8) is 0 Å². The van der Waals surface area contributed by atoms with E-state index in [1.807, 2.05) is 64.1 Å². The third-order valence-electron chi connectivity index (χ3n) is 3.57. The quantitative estimate of drug-likeness (QED) is 0.257. The molecule has 0 aliphatic carbocycles. The van der Waals surface area contributed by atoms with E-state index < -0.39 is 0 Å². The minimum Gasteiger partial charge on any atom is -0.265 e. The zero-order valence-corrected chi connectivity index (χ0v) is 25.9. The lowest BCUT2D eigenvalue weighted by atomic mass is 9.99. The van der Waals surface area contributed by atoms with Crippen LogP contribution >= 0.6 is 0 Å². The SMILES string of the molecule is CC.CC.CC(C)C.CC(C)C.CC(C)c1ccc2ccccc2c1.c1ccncc1.c1ccncc1. The van der Waals surface area contributed by atoms with Crippen molar-refractivity contribution in [2.45, 2.75) is 89.0 Å². The molecular formula is C35H56N2. The Kier molecular flexibility index (Phi) is 30.4. The molecule has 2 aromatic heterocycles. The van der Waals surface area contributed by atoms with Crippen LogP contribution in [0, 0.1) is 11.8 Å². The monoisotopic (exact) mass is 504 g/mol. The first-order valence-corrected chi connectivity index (χ1v) is 13.9. The Morgan fingerprint density at radius 1 is 0.432 bits per heavy atom. The Morgan fingerprint density at radius 3 is 1.05 bits per heavy atom. The lowest BCUT2D eigenvalue weighted by molar-refractivity contribution is 0.736. The van der Waals surface area contributed by atoms with Gasteiger partial charge in [-0.2, -0.15) is 0 Å². The van der Waals surface area contributed by atoms with E-state index >= 15 is 0 Å². The van der Waals surface area contributed by atoms with E-state index in [2.05, 4.69) is 108 Å². The fourth-order valence-electron chi connectivity index (χ4n) is 2.19. The van der Waals surface area contributed by atoms with Crippen LogP contribution in [-0.4, -0.2) is 9.97 Å². The second-order valence-corrected chi connectivity index (χ2v) is 9.27. The van der Waals surface area contributed by atoms with E-state index in [4.69, 9.17) is 0 Å². The van der Waals surface area contributed by atoms with Gasteiger partial charge in [-0.3, -0.25) is 9.97 Å². The Hall–Kier alpha value is -3.00. The van der Waals surface area contributed by atoms with Crippen LogP contribution in [0.1, 0.15) is 94.6 Å². The van der Waals surface area contributed by atoms with Gasteiger partial charge in [0.15, 0.2) is 0 Å². The van der Waals surface area contributed by atoms with Crippen LogP contribution in [-0.2, 0) is 0 Å². The number of hydrogen-bond acceptors (Lipinski definition) is 2. The van der Waals surface area contributed by atoms with Crippen molar-refractivity contribution in [3.05, 3.63) is 109 Å². The summed E-state index contributed by atoms with van der Waals surface area (Å²) in [7, 11) is 0. The highest BCUT2D eigenvalue weighted by Crippen LogP contribution is 2.20. The van der Waals surface area contributed by atoms with Gasteiger partial charge in [-0.25, -0.2) is 0 Å². The van der Waals surface area contributed by atoms with E-state index in [0.717, 1.165) is 11.8 Å². The number of hydrogen-bond donors (Lipinski definition) is 0. The first kappa shape index (κ1) is 38.5. The molecule has 2 heterocycles. The molecular weight excluding hydrogens is 448 g/mol. The van der Waals surface area contributed by atoms with Crippen LogP contribution in [0.15, 0.2) is 104 Å². The van der Waals surface area contributed by atoms with Crippen LogP contribution in [0.4, 0.5) is 0 Å². The third kappa shape index (κ3) is 29.1. The molecule has 0 spiro atoms. The topological polar surface area (TPSA) is 25.8 Å². The highest BCUT2D eigenvalue weighted by molar-refractivity contribution is 5.83. The van der Waals surface area contributed by atoms with E-state index in [0.29, 0.717) is 5.92 Å². The molecule has 2 nitrogen and oxygen atoms in total. The zero-order valence-electron chi connectivity index (χ0n) is 25.9.